The van der Waals surface area contributed by atoms with E-state index in [2.05, 4.69) is 10.4 Å². The Morgan fingerprint density at radius 1 is 1.41 bits per heavy atom. The van der Waals surface area contributed by atoms with Gasteiger partial charge in [0.2, 0.25) is 0 Å². The minimum absolute atomic E-state index is 0.0742. The molecule has 1 atom stereocenters. The number of carbonyl (C=O) groups is 2. The smallest absolute Gasteiger partial charge is 0.255 e. The SMILES string of the molecule is CC(=O)C(C)NC(=O)c1cnn2ccccc12. The first-order chi connectivity index (χ1) is 8.09. The van der Waals surface area contributed by atoms with Crippen LogP contribution in [0.25, 0.3) is 5.52 Å². The van der Waals surface area contributed by atoms with Crippen molar-refractivity contribution in [2.24, 2.45) is 0 Å². The van der Waals surface area contributed by atoms with Crippen LogP contribution in [0.3, 0.4) is 0 Å². The molecule has 1 N–H and O–H groups in total. The third-order valence-corrected chi connectivity index (χ3v) is 2.63. The van der Waals surface area contributed by atoms with Gasteiger partial charge >= 0.3 is 0 Å². The molecule has 88 valence electrons. The van der Waals surface area contributed by atoms with Crippen LogP contribution in [0.15, 0.2) is 30.6 Å². The second-order valence-corrected chi connectivity index (χ2v) is 3.89. The summed E-state index contributed by atoms with van der Waals surface area (Å²) in [4.78, 5) is 23.0. The summed E-state index contributed by atoms with van der Waals surface area (Å²) in [7, 11) is 0. The Bertz CT molecular complexity index is 574. The predicted octanol–water partition coefficient (Wildman–Crippen LogP) is 1.04. The lowest BCUT2D eigenvalue weighted by Gasteiger charge is -2.09. The molecule has 0 saturated carbocycles. The minimum Gasteiger partial charge on any atom is -0.342 e. The van der Waals surface area contributed by atoms with E-state index < -0.39 is 6.04 Å². The summed E-state index contributed by atoms with van der Waals surface area (Å²) in [6, 6.07) is 4.99. The largest absolute Gasteiger partial charge is 0.342 e. The zero-order valence-electron chi connectivity index (χ0n) is 9.68. The molecule has 2 heterocycles. The molecule has 0 spiro atoms. The van der Waals surface area contributed by atoms with Gasteiger partial charge in [-0.3, -0.25) is 9.59 Å². The molecule has 0 bridgehead atoms. The third-order valence-electron chi connectivity index (χ3n) is 2.63. The molecule has 1 unspecified atom stereocenters. The predicted molar refractivity (Wildman–Crippen MR) is 62.8 cm³/mol. The number of nitrogens with zero attached hydrogens (tertiary/aromatic N) is 2. The van der Waals surface area contributed by atoms with Crippen LogP contribution in [0.5, 0.6) is 0 Å². The van der Waals surface area contributed by atoms with Crippen LogP contribution < -0.4 is 5.32 Å². The normalized spacial score (nSPS) is 12.4. The number of carbonyl (C=O) groups excluding carboxylic acids is 2. The second kappa shape index (κ2) is 4.37. The Labute approximate surface area is 98.4 Å². The van der Waals surface area contributed by atoms with Gasteiger partial charge in [0.15, 0.2) is 5.78 Å². The van der Waals surface area contributed by atoms with E-state index in [1.54, 1.807) is 23.7 Å². The number of Topliss-reactive ketones (excluding diaryl/α,β-unsaturated/α-hetero) is 1. The first kappa shape index (κ1) is 11.3. The number of hydrogen-bond donors (Lipinski definition) is 1. The fourth-order valence-electron chi connectivity index (χ4n) is 1.49. The standard InChI is InChI=1S/C12H13N3O2/c1-8(9(2)16)14-12(17)10-7-13-15-6-4-3-5-11(10)15/h3-8H,1-2H3,(H,14,17). The van der Waals surface area contributed by atoms with E-state index in [-0.39, 0.29) is 11.7 Å². The number of ketones is 1. The Morgan fingerprint density at radius 3 is 2.88 bits per heavy atom. The van der Waals surface area contributed by atoms with Gasteiger partial charge in [-0.25, -0.2) is 4.52 Å². The molecule has 0 radical (unpaired) electrons. The highest BCUT2D eigenvalue weighted by atomic mass is 16.2. The van der Waals surface area contributed by atoms with Gasteiger partial charge in [0.1, 0.15) is 0 Å². The number of amides is 1. The molecule has 0 aliphatic heterocycles. The molecule has 0 saturated heterocycles. The first-order valence-electron chi connectivity index (χ1n) is 5.33. The van der Waals surface area contributed by atoms with Crippen molar-refractivity contribution in [3.05, 3.63) is 36.2 Å². The lowest BCUT2D eigenvalue weighted by atomic mass is 10.2. The zero-order chi connectivity index (χ0) is 12.4. The molecule has 2 aromatic heterocycles. The van der Waals surface area contributed by atoms with E-state index in [1.807, 2.05) is 12.1 Å². The number of aromatic nitrogens is 2. The zero-order valence-corrected chi connectivity index (χ0v) is 9.68. The van der Waals surface area contributed by atoms with E-state index in [0.717, 1.165) is 5.52 Å². The van der Waals surface area contributed by atoms with Crippen molar-refractivity contribution in [3.63, 3.8) is 0 Å². The monoisotopic (exact) mass is 231 g/mol. The maximum absolute atomic E-state index is 11.9. The number of rotatable bonds is 3. The summed E-state index contributed by atoms with van der Waals surface area (Å²) in [6.45, 7) is 3.10. The van der Waals surface area contributed by atoms with Crippen LogP contribution in [0.4, 0.5) is 0 Å². The van der Waals surface area contributed by atoms with Gasteiger partial charge in [-0.05, 0) is 26.0 Å². The highest BCUT2D eigenvalue weighted by Gasteiger charge is 2.16. The van der Waals surface area contributed by atoms with E-state index >= 15 is 0 Å². The summed E-state index contributed by atoms with van der Waals surface area (Å²) in [6.07, 6.45) is 3.26. The fraction of sp³-hybridized carbons (Fsp3) is 0.250. The molecule has 2 rings (SSSR count). The molecule has 5 heteroatoms. The van der Waals surface area contributed by atoms with Crippen molar-refractivity contribution in [2.45, 2.75) is 19.9 Å². The van der Waals surface area contributed by atoms with Gasteiger partial charge < -0.3 is 5.32 Å². The Hall–Kier alpha value is -2.17. The average Bonchev–Trinajstić information content (AvgIpc) is 2.72. The molecule has 1 amide bonds. The van der Waals surface area contributed by atoms with E-state index in [9.17, 15) is 9.59 Å². The number of fused-ring (bicyclic) bond motifs is 1. The topological polar surface area (TPSA) is 63.5 Å². The Kier molecular flexibility index (Phi) is 2.91. The van der Waals surface area contributed by atoms with Crippen molar-refractivity contribution >= 4 is 17.2 Å². The van der Waals surface area contributed by atoms with Crippen molar-refractivity contribution in [1.29, 1.82) is 0 Å². The van der Waals surface area contributed by atoms with Crippen LogP contribution in [0, 0.1) is 0 Å². The second-order valence-electron chi connectivity index (χ2n) is 3.89. The number of pyridine rings is 1. The minimum atomic E-state index is -0.485. The summed E-state index contributed by atoms with van der Waals surface area (Å²) in [5.41, 5.74) is 1.19. The summed E-state index contributed by atoms with van der Waals surface area (Å²) < 4.78 is 1.62. The van der Waals surface area contributed by atoms with Gasteiger partial charge in [-0.15, -0.1) is 0 Å². The number of hydrogen-bond acceptors (Lipinski definition) is 3. The lowest BCUT2D eigenvalue weighted by Crippen LogP contribution is -2.37. The van der Waals surface area contributed by atoms with Gasteiger partial charge in [0.05, 0.1) is 23.3 Å². The van der Waals surface area contributed by atoms with Crippen LogP contribution in [0.1, 0.15) is 24.2 Å². The Morgan fingerprint density at radius 2 is 2.18 bits per heavy atom. The molecular weight excluding hydrogens is 218 g/mol. The molecular formula is C12H13N3O2. The highest BCUT2D eigenvalue weighted by molar-refractivity contribution is 6.02. The van der Waals surface area contributed by atoms with E-state index in [4.69, 9.17) is 0 Å². The fourth-order valence-corrected chi connectivity index (χ4v) is 1.49. The van der Waals surface area contributed by atoms with Crippen LogP contribution in [-0.4, -0.2) is 27.3 Å². The molecule has 0 aliphatic carbocycles. The average molecular weight is 231 g/mol. The highest BCUT2D eigenvalue weighted by Crippen LogP contribution is 2.09. The molecule has 0 aromatic carbocycles. The molecule has 2 aromatic rings. The molecule has 17 heavy (non-hydrogen) atoms. The quantitative estimate of drug-likeness (QED) is 0.858. The summed E-state index contributed by atoms with van der Waals surface area (Å²) in [5.74, 6) is -0.358. The van der Waals surface area contributed by atoms with Crippen LogP contribution in [0.2, 0.25) is 0 Å². The van der Waals surface area contributed by atoms with E-state index in [0.29, 0.717) is 5.56 Å². The molecule has 0 fully saturated rings. The van der Waals surface area contributed by atoms with Crippen LogP contribution >= 0.6 is 0 Å². The first-order valence-corrected chi connectivity index (χ1v) is 5.33. The summed E-state index contributed by atoms with van der Waals surface area (Å²) in [5, 5.41) is 6.69. The van der Waals surface area contributed by atoms with Crippen molar-refractivity contribution < 1.29 is 9.59 Å². The van der Waals surface area contributed by atoms with Crippen LogP contribution in [-0.2, 0) is 4.79 Å². The maximum atomic E-state index is 11.9. The maximum Gasteiger partial charge on any atom is 0.255 e. The van der Waals surface area contributed by atoms with Gasteiger partial charge in [0.25, 0.3) is 5.91 Å². The van der Waals surface area contributed by atoms with Gasteiger partial charge in [0, 0.05) is 6.20 Å². The van der Waals surface area contributed by atoms with Crippen molar-refractivity contribution in [3.8, 4) is 0 Å². The van der Waals surface area contributed by atoms with Gasteiger partial charge in [-0.2, -0.15) is 5.10 Å². The molecule has 0 aliphatic rings. The summed E-state index contributed by atoms with van der Waals surface area (Å²) >= 11 is 0. The third kappa shape index (κ3) is 2.18. The van der Waals surface area contributed by atoms with Crippen molar-refractivity contribution in [2.75, 3.05) is 0 Å². The van der Waals surface area contributed by atoms with Gasteiger partial charge in [-0.1, -0.05) is 6.07 Å². The van der Waals surface area contributed by atoms with E-state index in [1.165, 1.54) is 13.1 Å². The number of nitrogens with one attached hydrogen (secondary N) is 1. The van der Waals surface area contributed by atoms with Crippen molar-refractivity contribution in [1.82, 2.24) is 14.9 Å². The Balaban J connectivity index is 2.28. The lowest BCUT2D eigenvalue weighted by molar-refractivity contribution is -0.118. The molecule has 5 nitrogen and oxygen atoms in total.